The van der Waals surface area contributed by atoms with Crippen LogP contribution in [0, 0.1) is 5.41 Å². The average molecular weight is 577 g/mol. The van der Waals surface area contributed by atoms with Crippen molar-refractivity contribution < 1.29 is 26.3 Å². The predicted octanol–water partition coefficient (Wildman–Crippen LogP) is 9.14. The third-order valence-electron chi connectivity index (χ3n) is 6.74. The number of anilines is 1. The smallest absolute Gasteiger partial charge is 0.358 e. The maximum atomic E-state index is 13.4. The zero-order valence-electron chi connectivity index (χ0n) is 20.7. The highest BCUT2D eigenvalue weighted by Gasteiger charge is 2.68. The number of benzene rings is 2. The number of halogens is 7. The fourth-order valence-corrected chi connectivity index (χ4v) is 4.95. The highest BCUT2D eigenvalue weighted by atomic mass is 79.9. The molecule has 1 aliphatic rings. The summed E-state index contributed by atoms with van der Waals surface area (Å²) in [5, 5.41) is 3.12. The normalized spacial score (nSPS) is 17.2. The minimum Gasteiger partial charge on any atom is -0.358 e. The molecule has 1 aliphatic heterocycles. The van der Waals surface area contributed by atoms with E-state index < -0.39 is 23.3 Å². The monoisotopic (exact) mass is 576 g/mol. The summed E-state index contributed by atoms with van der Waals surface area (Å²) in [6, 6.07) is 10.1. The topological polar surface area (TPSA) is 15.3 Å². The van der Waals surface area contributed by atoms with Crippen molar-refractivity contribution in [1.29, 1.82) is 0 Å². The molecule has 2 nitrogen and oxygen atoms in total. The van der Waals surface area contributed by atoms with Gasteiger partial charge in [0.25, 0.3) is 0 Å². The third-order valence-corrected chi connectivity index (χ3v) is 7.23. The molecule has 0 saturated carbocycles. The third kappa shape index (κ3) is 5.93. The maximum Gasteiger partial charge on any atom is 0.406 e. The second kappa shape index (κ2) is 10.0. The number of alkyl halides is 6. The Hall–Kier alpha value is -2.00. The van der Waals surface area contributed by atoms with E-state index in [0.29, 0.717) is 11.4 Å². The van der Waals surface area contributed by atoms with Gasteiger partial charge in [0.15, 0.2) is 5.41 Å². The Morgan fingerprint density at radius 1 is 0.972 bits per heavy atom. The Morgan fingerprint density at radius 3 is 2.08 bits per heavy atom. The highest BCUT2D eigenvalue weighted by molar-refractivity contribution is 9.10. The Kier molecular flexibility index (Phi) is 7.97. The van der Waals surface area contributed by atoms with Crippen LogP contribution in [-0.2, 0) is 12.0 Å². The van der Waals surface area contributed by atoms with Gasteiger partial charge in [-0.05, 0) is 72.7 Å². The molecule has 0 aromatic heterocycles. The van der Waals surface area contributed by atoms with Gasteiger partial charge in [0, 0.05) is 22.4 Å². The minimum absolute atomic E-state index is 0.164. The fraction of sp³-hybridized carbons (Fsp3) is 0.481. The van der Waals surface area contributed by atoms with Gasteiger partial charge in [0.1, 0.15) is 0 Å². The molecule has 2 aromatic carbocycles. The van der Waals surface area contributed by atoms with Crippen molar-refractivity contribution in [2.75, 3.05) is 11.9 Å². The van der Waals surface area contributed by atoms with Crippen LogP contribution >= 0.6 is 15.9 Å². The lowest BCUT2D eigenvalue weighted by Gasteiger charge is -2.34. The van der Waals surface area contributed by atoms with Gasteiger partial charge in [-0.25, -0.2) is 0 Å². The van der Waals surface area contributed by atoms with Gasteiger partial charge in [0.05, 0.1) is 6.04 Å². The summed E-state index contributed by atoms with van der Waals surface area (Å²) >= 11 is 3.51. The Balaban J connectivity index is 1.83. The van der Waals surface area contributed by atoms with Gasteiger partial charge in [-0.3, -0.25) is 4.90 Å². The molecule has 1 unspecified atom stereocenters. The second-order valence-corrected chi connectivity index (χ2v) is 11.6. The molecular weight excluding hydrogens is 546 g/mol. The second-order valence-electron chi connectivity index (χ2n) is 10.7. The molecule has 9 heteroatoms. The number of rotatable bonds is 7. The molecule has 1 N–H and O–H groups in total. The molecule has 198 valence electrons. The first-order valence-corrected chi connectivity index (χ1v) is 12.5. The molecule has 3 rings (SSSR count). The van der Waals surface area contributed by atoms with Gasteiger partial charge >= 0.3 is 12.4 Å². The van der Waals surface area contributed by atoms with E-state index in [1.807, 2.05) is 12.1 Å². The van der Waals surface area contributed by atoms with E-state index in [2.05, 4.69) is 59.6 Å². The van der Waals surface area contributed by atoms with Gasteiger partial charge in [-0.1, -0.05) is 61.5 Å². The maximum absolute atomic E-state index is 13.4. The van der Waals surface area contributed by atoms with Crippen molar-refractivity contribution in [2.45, 2.75) is 70.9 Å². The van der Waals surface area contributed by atoms with Crippen LogP contribution in [0.4, 0.5) is 32.0 Å². The van der Waals surface area contributed by atoms with Crippen LogP contribution in [0.2, 0.25) is 0 Å². The molecule has 1 heterocycles. The zero-order chi connectivity index (χ0) is 27.1. The number of nitrogens with zero attached hydrogens (tertiary/aromatic N) is 1. The van der Waals surface area contributed by atoms with Gasteiger partial charge in [-0.2, -0.15) is 26.3 Å². The van der Waals surface area contributed by atoms with Crippen molar-refractivity contribution in [3.05, 3.63) is 75.9 Å². The Morgan fingerprint density at radius 2 is 1.56 bits per heavy atom. The fourth-order valence-electron chi connectivity index (χ4n) is 4.54. The molecule has 0 spiro atoms. The van der Waals surface area contributed by atoms with Crippen LogP contribution in [0.3, 0.4) is 0 Å². The first-order chi connectivity index (χ1) is 16.4. The summed E-state index contributed by atoms with van der Waals surface area (Å²) in [4.78, 5) is 2.29. The summed E-state index contributed by atoms with van der Waals surface area (Å²) in [6.07, 6.45) is -8.96. The van der Waals surface area contributed by atoms with E-state index >= 15 is 0 Å². The molecule has 36 heavy (non-hydrogen) atoms. The van der Waals surface area contributed by atoms with Crippen LogP contribution < -0.4 is 5.32 Å². The van der Waals surface area contributed by atoms with Crippen LogP contribution in [0.5, 0.6) is 0 Å². The summed E-state index contributed by atoms with van der Waals surface area (Å²) in [5.74, 6) is 0. The van der Waals surface area contributed by atoms with Crippen molar-refractivity contribution in [2.24, 2.45) is 5.41 Å². The lowest BCUT2D eigenvalue weighted by Crippen LogP contribution is -2.51. The molecule has 1 atom stereocenters. The number of fused-ring (bicyclic) bond motifs is 1. The van der Waals surface area contributed by atoms with E-state index in [1.165, 1.54) is 12.1 Å². The van der Waals surface area contributed by atoms with Crippen LogP contribution in [0.25, 0.3) is 0 Å². The largest absolute Gasteiger partial charge is 0.406 e. The molecule has 0 bridgehead atoms. The van der Waals surface area contributed by atoms with Crippen LogP contribution in [0.15, 0.2) is 59.2 Å². The standard InChI is InChI=1S/C27H31BrF6N2/c1-17(35-21-10-7-19(8-11-21)25(5,26(29,30)31)27(32,33)34)23-22-12-9-20(28)15-18(22)16-36(23)14-6-13-24(2,3)4/h7-12,15,23,35H,1,6,13-14,16H2,2-5H3. The first-order valence-electron chi connectivity index (χ1n) is 11.7. The van der Waals surface area contributed by atoms with E-state index in [-0.39, 0.29) is 18.4 Å². The van der Waals surface area contributed by atoms with Gasteiger partial charge < -0.3 is 5.32 Å². The minimum atomic E-state index is -5.49. The Labute approximate surface area is 216 Å². The van der Waals surface area contributed by atoms with Crippen LogP contribution in [-0.4, -0.2) is 23.8 Å². The van der Waals surface area contributed by atoms with Gasteiger partial charge in [0.2, 0.25) is 0 Å². The summed E-state index contributed by atoms with van der Waals surface area (Å²) < 4.78 is 81.5. The number of nitrogens with one attached hydrogen (secondary N) is 1. The molecule has 0 aliphatic carbocycles. The predicted molar refractivity (Wildman–Crippen MR) is 135 cm³/mol. The SMILES string of the molecule is C=C(Nc1ccc(C(C)(C(F)(F)F)C(F)(F)F)cc1)C1c2ccc(Br)cc2CN1CCCC(C)(C)C. The van der Waals surface area contributed by atoms with E-state index in [0.717, 1.165) is 53.7 Å². The van der Waals surface area contributed by atoms with Crippen molar-refractivity contribution in [3.63, 3.8) is 0 Å². The number of hydrogen-bond donors (Lipinski definition) is 1. The first kappa shape index (κ1) is 28.6. The van der Waals surface area contributed by atoms with E-state index in [4.69, 9.17) is 0 Å². The van der Waals surface area contributed by atoms with Crippen molar-refractivity contribution in [3.8, 4) is 0 Å². The molecule has 2 aromatic rings. The lowest BCUT2D eigenvalue weighted by atomic mass is 9.81. The van der Waals surface area contributed by atoms with Gasteiger partial charge in [-0.15, -0.1) is 0 Å². The molecule has 0 fully saturated rings. The highest BCUT2D eigenvalue weighted by Crippen LogP contribution is 2.52. The molecule has 0 saturated heterocycles. The number of hydrogen-bond acceptors (Lipinski definition) is 2. The molecule has 0 radical (unpaired) electrons. The lowest BCUT2D eigenvalue weighted by molar-refractivity contribution is -0.297. The summed E-state index contributed by atoms with van der Waals surface area (Å²) in [7, 11) is 0. The summed E-state index contributed by atoms with van der Waals surface area (Å²) in [6.45, 7) is 12.5. The van der Waals surface area contributed by atoms with Crippen molar-refractivity contribution >= 4 is 21.6 Å². The summed E-state index contributed by atoms with van der Waals surface area (Å²) in [5.41, 5.74) is -1.43. The molecular formula is C27H31BrF6N2. The van der Waals surface area contributed by atoms with E-state index in [9.17, 15) is 26.3 Å². The Bertz CT molecular complexity index is 1070. The van der Waals surface area contributed by atoms with Crippen LogP contribution in [0.1, 0.15) is 63.3 Å². The zero-order valence-corrected chi connectivity index (χ0v) is 22.3. The van der Waals surface area contributed by atoms with E-state index in [1.54, 1.807) is 0 Å². The average Bonchev–Trinajstić information content (AvgIpc) is 3.08. The quantitative estimate of drug-likeness (QED) is 0.330. The molecule has 0 amide bonds. The van der Waals surface area contributed by atoms with Crippen molar-refractivity contribution in [1.82, 2.24) is 4.90 Å².